The van der Waals surface area contributed by atoms with Crippen molar-refractivity contribution >= 4 is 16.9 Å². The van der Waals surface area contributed by atoms with Crippen molar-refractivity contribution in [3.8, 4) is 0 Å². The molecule has 1 aromatic heterocycles. The molecular formula is C15H17NO3. The Bertz CT molecular complexity index is 615. The molecule has 1 aliphatic rings. The van der Waals surface area contributed by atoms with E-state index in [0.29, 0.717) is 5.56 Å². The Morgan fingerprint density at radius 2 is 2.16 bits per heavy atom. The van der Waals surface area contributed by atoms with Crippen LogP contribution < -0.4 is 0 Å². The van der Waals surface area contributed by atoms with Gasteiger partial charge in [0.15, 0.2) is 0 Å². The number of nitrogens with one attached hydrogen (secondary N) is 1. The zero-order valence-corrected chi connectivity index (χ0v) is 10.7. The molecule has 0 unspecified atom stereocenters. The fraction of sp³-hybridized carbons (Fsp3) is 0.400. The van der Waals surface area contributed by atoms with Gasteiger partial charge in [0, 0.05) is 16.6 Å². The molecule has 2 N–H and O–H groups in total. The molecule has 1 heterocycles. The van der Waals surface area contributed by atoms with Crippen molar-refractivity contribution in [2.75, 3.05) is 13.2 Å². The number of benzene rings is 1. The van der Waals surface area contributed by atoms with Crippen LogP contribution in [0.5, 0.6) is 0 Å². The first-order valence-corrected chi connectivity index (χ1v) is 6.71. The molecule has 0 saturated carbocycles. The number of aliphatic hydroxyl groups is 1. The first kappa shape index (κ1) is 12.2. The molecule has 0 spiro atoms. The van der Waals surface area contributed by atoms with E-state index in [1.165, 1.54) is 24.1 Å². The van der Waals surface area contributed by atoms with E-state index in [0.717, 1.165) is 23.7 Å². The first-order valence-electron chi connectivity index (χ1n) is 6.71. The van der Waals surface area contributed by atoms with Gasteiger partial charge in [-0.25, -0.2) is 4.79 Å². The molecule has 0 amide bonds. The molecule has 100 valence electrons. The Balaban J connectivity index is 1.98. The van der Waals surface area contributed by atoms with E-state index in [2.05, 4.69) is 4.98 Å². The number of hydrogen-bond acceptors (Lipinski definition) is 3. The summed E-state index contributed by atoms with van der Waals surface area (Å²) in [5.74, 6) is -0.373. The van der Waals surface area contributed by atoms with Gasteiger partial charge in [-0.1, -0.05) is 0 Å². The number of aliphatic hydroxyl groups excluding tert-OH is 1. The number of hydrogen-bond donors (Lipinski definition) is 2. The van der Waals surface area contributed by atoms with Crippen LogP contribution in [-0.2, 0) is 17.6 Å². The average Bonchev–Trinajstić information content (AvgIpc) is 2.82. The molecule has 3 rings (SSSR count). The van der Waals surface area contributed by atoms with Crippen LogP contribution in [0.3, 0.4) is 0 Å². The molecular weight excluding hydrogens is 242 g/mol. The summed E-state index contributed by atoms with van der Waals surface area (Å²) >= 11 is 0. The lowest BCUT2D eigenvalue weighted by atomic mass is 9.95. The summed E-state index contributed by atoms with van der Waals surface area (Å²) in [4.78, 5) is 15.2. The zero-order chi connectivity index (χ0) is 13.2. The maximum absolute atomic E-state index is 11.8. The predicted molar refractivity (Wildman–Crippen MR) is 72.3 cm³/mol. The lowest BCUT2D eigenvalue weighted by Gasteiger charge is -2.10. The summed E-state index contributed by atoms with van der Waals surface area (Å²) in [6, 6.07) is 5.60. The van der Waals surface area contributed by atoms with Crippen molar-refractivity contribution in [1.29, 1.82) is 0 Å². The topological polar surface area (TPSA) is 62.3 Å². The van der Waals surface area contributed by atoms with E-state index in [1.807, 2.05) is 12.1 Å². The van der Waals surface area contributed by atoms with Gasteiger partial charge >= 0.3 is 5.97 Å². The third-order valence-electron chi connectivity index (χ3n) is 3.66. The minimum absolute atomic E-state index is 0.0438. The van der Waals surface area contributed by atoms with Crippen molar-refractivity contribution < 1.29 is 14.6 Å². The van der Waals surface area contributed by atoms with Crippen LogP contribution in [-0.4, -0.2) is 29.3 Å². The smallest absolute Gasteiger partial charge is 0.338 e. The van der Waals surface area contributed by atoms with Gasteiger partial charge in [-0.2, -0.15) is 0 Å². The van der Waals surface area contributed by atoms with E-state index < -0.39 is 0 Å². The maximum Gasteiger partial charge on any atom is 0.338 e. The minimum atomic E-state index is -0.373. The number of H-pyrrole nitrogens is 1. The van der Waals surface area contributed by atoms with Gasteiger partial charge in [-0.3, -0.25) is 0 Å². The second-order valence-corrected chi connectivity index (χ2v) is 4.91. The molecule has 4 heteroatoms. The molecule has 0 atom stereocenters. The quantitative estimate of drug-likeness (QED) is 0.831. The summed E-state index contributed by atoms with van der Waals surface area (Å²) in [6.07, 6.45) is 4.60. The first-order chi connectivity index (χ1) is 9.29. The number of esters is 1. The van der Waals surface area contributed by atoms with Gasteiger partial charge in [-0.05, 0) is 49.4 Å². The zero-order valence-electron chi connectivity index (χ0n) is 10.7. The highest BCUT2D eigenvalue weighted by molar-refractivity contribution is 5.96. The molecule has 2 aromatic rings. The van der Waals surface area contributed by atoms with Gasteiger partial charge in [0.05, 0.1) is 12.2 Å². The summed E-state index contributed by atoms with van der Waals surface area (Å²) in [5, 5.41) is 9.81. The summed E-state index contributed by atoms with van der Waals surface area (Å²) in [5.41, 5.74) is 4.29. The number of carbonyl (C=O) groups is 1. The van der Waals surface area contributed by atoms with Crippen molar-refractivity contribution in [2.24, 2.45) is 0 Å². The van der Waals surface area contributed by atoms with Crippen LogP contribution in [0.2, 0.25) is 0 Å². The van der Waals surface area contributed by atoms with Crippen molar-refractivity contribution in [2.45, 2.75) is 25.7 Å². The SMILES string of the molecule is O=C(OCCO)c1ccc2[nH]c3c(c2c1)CCCC3. The van der Waals surface area contributed by atoms with Crippen LogP contribution in [0.25, 0.3) is 10.9 Å². The normalized spacial score (nSPS) is 14.4. The lowest BCUT2D eigenvalue weighted by Crippen LogP contribution is -2.08. The number of fused-ring (bicyclic) bond motifs is 3. The second-order valence-electron chi connectivity index (χ2n) is 4.91. The third-order valence-corrected chi connectivity index (χ3v) is 3.66. The van der Waals surface area contributed by atoms with Crippen LogP contribution >= 0.6 is 0 Å². The third kappa shape index (κ3) is 2.24. The Morgan fingerprint density at radius 3 is 3.00 bits per heavy atom. The molecule has 0 bridgehead atoms. The fourth-order valence-corrected chi connectivity index (χ4v) is 2.75. The highest BCUT2D eigenvalue weighted by Gasteiger charge is 2.17. The van der Waals surface area contributed by atoms with Crippen LogP contribution in [0.15, 0.2) is 18.2 Å². The van der Waals surface area contributed by atoms with E-state index in [9.17, 15) is 4.79 Å². The molecule has 0 saturated heterocycles. The Hall–Kier alpha value is -1.81. The number of ether oxygens (including phenoxy) is 1. The molecule has 1 aliphatic carbocycles. The second kappa shape index (κ2) is 5.05. The van der Waals surface area contributed by atoms with Crippen LogP contribution in [0.4, 0.5) is 0 Å². The number of aromatic nitrogens is 1. The van der Waals surface area contributed by atoms with Crippen LogP contribution in [0, 0.1) is 0 Å². The Morgan fingerprint density at radius 1 is 1.32 bits per heavy atom. The number of aryl methyl sites for hydroxylation is 2. The Labute approximate surface area is 111 Å². The standard InChI is InChI=1S/C15H17NO3/c17-7-8-19-15(18)10-5-6-14-12(9-10)11-3-1-2-4-13(11)16-14/h5-6,9,16-17H,1-4,7-8H2. The van der Waals surface area contributed by atoms with Gasteiger partial charge in [0.2, 0.25) is 0 Å². The minimum Gasteiger partial charge on any atom is -0.460 e. The van der Waals surface area contributed by atoms with Gasteiger partial charge in [0.1, 0.15) is 6.61 Å². The summed E-state index contributed by atoms with van der Waals surface area (Å²) < 4.78 is 4.95. The number of aromatic amines is 1. The van der Waals surface area contributed by atoms with Gasteiger partial charge in [-0.15, -0.1) is 0 Å². The van der Waals surface area contributed by atoms with Crippen molar-refractivity contribution in [3.63, 3.8) is 0 Å². The average molecular weight is 259 g/mol. The Kier molecular flexibility index (Phi) is 3.25. The summed E-state index contributed by atoms with van der Waals surface area (Å²) in [6.45, 7) is -0.102. The van der Waals surface area contributed by atoms with E-state index >= 15 is 0 Å². The van der Waals surface area contributed by atoms with E-state index in [-0.39, 0.29) is 19.2 Å². The lowest BCUT2D eigenvalue weighted by molar-refractivity contribution is 0.0434. The molecule has 0 fully saturated rings. The molecule has 1 aromatic carbocycles. The molecule has 19 heavy (non-hydrogen) atoms. The van der Waals surface area contributed by atoms with Gasteiger partial charge in [0.25, 0.3) is 0 Å². The highest BCUT2D eigenvalue weighted by Crippen LogP contribution is 2.29. The highest BCUT2D eigenvalue weighted by atomic mass is 16.5. The van der Waals surface area contributed by atoms with E-state index in [4.69, 9.17) is 9.84 Å². The van der Waals surface area contributed by atoms with Gasteiger partial charge < -0.3 is 14.8 Å². The van der Waals surface area contributed by atoms with Crippen LogP contribution in [0.1, 0.15) is 34.5 Å². The predicted octanol–water partition coefficient (Wildman–Crippen LogP) is 2.20. The number of rotatable bonds is 3. The van der Waals surface area contributed by atoms with Crippen molar-refractivity contribution in [3.05, 3.63) is 35.0 Å². The largest absolute Gasteiger partial charge is 0.460 e. The van der Waals surface area contributed by atoms with E-state index in [1.54, 1.807) is 6.07 Å². The fourth-order valence-electron chi connectivity index (χ4n) is 2.75. The molecule has 4 nitrogen and oxygen atoms in total. The molecule has 0 radical (unpaired) electrons. The maximum atomic E-state index is 11.8. The number of carbonyl (C=O) groups excluding carboxylic acids is 1. The summed E-state index contributed by atoms with van der Waals surface area (Å²) in [7, 11) is 0. The molecule has 0 aliphatic heterocycles. The van der Waals surface area contributed by atoms with Crippen molar-refractivity contribution in [1.82, 2.24) is 4.98 Å². The monoisotopic (exact) mass is 259 g/mol.